The van der Waals surface area contributed by atoms with E-state index in [1.54, 1.807) is 6.07 Å². The van der Waals surface area contributed by atoms with E-state index in [2.05, 4.69) is 15.4 Å². The molecule has 0 radical (unpaired) electrons. The lowest BCUT2D eigenvalue weighted by atomic mass is 10.1. The van der Waals surface area contributed by atoms with Gasteiger partial charge in [0.25, 0.3) is 0 Å². The topological polar surface area (TPSA) is 60.1 Å². The zero-order chi connectivity index (χ0) is 25.0. The Bertz CT molecular complexity index is 1080. The van der Waals surface area contributed by atoms with Gasteiger partial charge in [-0.1, -0.05) is 6.07 Å². The average Bonchev–Trinajstić information content (AvgIpc) is 2.84. The summed E-state index contributed by atoms with van der Waals surface area (Å²) >= 11 is 4.77. The largest absolute Gasteiger partial charge is 0.416 e. The van der Waals surface area contributed by atoms with E-state index in [0.29, 0.717) is 43.1 Å². The van der Waals surface area contributed by atoms with Gasteiger partial charge in [0.2, 0.25) is 0 Å². The molecule has 2 aromatic carbocycles. The van der Waals surface area contributed by atoms with Crippen LogP contribution in [-0.4, -0.2) is 50.6 Å². The first-order valence-electron chi connectivity index (χ1n) is 11.6. The Morgan fingerprint density at radius 2 is 1.57 bits per heavy atom. The number of hydrazone groups is 1. The highest BCUT2D eigenvalue weighted by Gasteiger charge is 2.31. The van der Waals surface area contributed by atoms with Crippen LogP contribution in [0.1, 0.15) is 30.4 Å². The molecule has 2 aliphatic heterocycles. The fraction of sp³-hybridized carbons (Fsp3) is 0.417. The van der Waals surface area contributed by atoms with Crippen LogP contribution >= 0.6 is 12.2 Å². The molecule has 2 fully saturated rings. The highest BCUT2D eigenvalue weighted by molar-refractivity contribution is 7.80. The number of anilines is 3. The molecule has 6 nitrogen and oxygen atoms in total. The van der Waals surface area contributed by atoms with Crippen LogP contribution in [0.5, 0.6) is 0 Å². The number of thiocarbonyl (C=S) groups is 1. The summed E-state index contributed by atoms with van der Waals surface area (Å²) in [5, 5.41) is 4.04. The molecule has 0 amide bonds. The van der Waals surface area contributed by atoms with E-state index in [1.807, 2.05) is 15.9 Å². The van der Waals surface area contributed by atoms with E-state index in [-0.39, 0.29) is 10.9 Å². The SMILES string of the molecule is NC(=S)NN=Cc1cc(F)c(N2CCN(c3cccc(C(F)(F)F)c3)CC2)cc1N1CCCCC1. The second-order valence-corrected chi connectivity index (χ2v) is 9.11. The van der Waals surface area contributed by atoms with E-state index in [1.165, 1.54) is 24.4 Å². The lowest BCUT2D eigenvalue weighted by Crippen LogP contribution is -2.47. The summed E-state index contributed by atoms with van der Waals surface area (Å²) in [6, 6.07) is 8.64. The van der Waals surface area contributed by atoms with E-state index in [4.69, 9.17) is 18.0 Å². The number of alkyl halides is 3. The van der Waals surface area contributed by atoms with Crippen LogP contribution in [0.25, 0.3) is 0 Å². The van der Waals surface area contributed by atoms with Crippen LogP contribution in [0.15, 0.2) is 41.5 Å². The predicted molar refractivity (Wildman–Crippen MR) is 136 cm³/mol. The van der Waals surface area contributed by atoms with Crippen molar-refractivity contribution in [3.05, 3.63) is 53.3 Å². The van der Waals surface area contributed by atoms with Crippen molar-refractivity contribution in [2.45, 2.75) is 25.4 Å². The molecule has 0 aliphatic carbocycles. The molecule has 0 saturated carbocycles. The third-order valence-corrected chi connectivity index (χ3v) is 6.42. The molecule has 2 aromatic rings. The molecule has 4 rings (SSSR count). The molecule has 11 heteroatoms. The quantitative estimate of drug-likeness (QED) is 0.271. The number of benzene rings is 2. The number of nitrogens with two attached hydrogens (primary N) is 1. The molecule has 2 saturated heterocycles. The molecule has 2 aliphatic rings. The van der Waals surface area contributed by atoms with Gasteiger partial charge in [0.15, 0.2) is 5.11 Å². The molecule has 2 heterocycles. The Hall–Kier alpha value is -3.08. The Morgan fingerprint density at radius 3 is 2.23 bits per heavy atom. The van der Waals surface area contributed by atoms with Crippen LogP contribution in [0, 0.1) is 5.82 Å². The summed E-state index contributed by atoms with van der Waals surface area (Å²) < 4.78 is 54.6. The Labute approximate surface area is 207 Å². The molecule has 0 atom stereocenters. The molecular weight excluding hydrogens is 480 g/mol. The summed E-state index contributed by atoms with van der Waals surface area (Å²) in [6.07, 6.45) is 0.408. The molecule has 188 valence electrons. The van der Waals surface area contributed by atoms with E-state index >= 15 is 4.39 Å². The first-order valence-corrected chi connectivity index (χ1v) is 12.0. The zero-order valence-corrected chi connectivity index (χ0v) is 20.0. The smallest absolute Gasteiger partial charge is 0.375 e. The minimum Gasteiger partial charge on any atom is -0.375 e. The van der Waals surface area contributed by atoms with Gasteiger partial charge in [-0.2, -0.15) is 18.3 Å². The second-order valence-electron chi connectivity index (χ2n) is 8.67. The van der Waals surface area contributed by atoms with Crippen molar-refractivity contribution in [2.24, 2.45) is 10.8 Å². The van der Waals surface area contributed by atoms with Crippen LogP contribution in [0.3, 0.4) is 0 Å². The lowest BCUT2D eigenvalue weighted by Gasteiger charge is -2.38. The monoisotopic (exact) mass is 508 g/mol. The number of hydrogen-bond acceptors (Lipinski definition) is 5. The second kappa shape index (κ2) is 10.7. The lowest BCUT2D eigenvalue weighted by molar-refractivity contribution is -0.137. The summed E-state index contributed by atoms with van der Waals surface area (Å²) in [7, 11) is 0. The van der Waals surface area contributed by atoms with Crippen molar-refractivity contribution in [2.75, 3.05) is 54.0 Å². The highest BCUT2D eigenvalue weighted by atomic mass is 32.1. The van der Waals surface area contributed by atoms with Crippen molar-refractivity contribution < 1.29 is 17.6 Å². The van der Waals surface area contributed by atoms with Gasteiger partial charge in [-0.25, -0.2) is 4.39 Å². The summed E-state index contributed by atoms with van der Waals surface area (Å²) in [6.45, 7) is 3.70. The van der Waals surface area contributed by atoms with Gasteiger partial charge in [-0.05, 0) is 61.8 Å². The van der Waals surface area contributed by atoms with Crippen molar-refractivity contribution in [1.82, 2.24) is 5.43 Å². The predicted octanol–water partition coefficient (Wildman–Crippen LogP) is 4.33. The number of piperidine rings is 1. The number of hydrogen-bond donors (Lipinski definition) is 2. The van der Waals surface area contributed by atoms with Crippen molar-refractivity contribution in [1.29, 1.82) is 0 Å². The van der Waals surface area contributed by atoms with Gasteiger partial charge < -0.3 is 20.4 Å². The molecule has 0 unspecified atom stereocenters. The fourth-order valence-electron chi connectivity index (χ4n) is 4.57. The van der Waals surface area contributed by atoms with Gasteiger partial charge in [0, 0.05) is 56.2 Å². The van der Waals surface area contributed by atoms with Crippen LogP contribution in [0.2, 0.25) is 0 Å². The van der Waals surface area contributed by atoms with Gasteiger partial charge in [0.1, 0.15) is 5.82 Å². The van der Waals surface area contributed by atoms with Gasteiger partial charge in [-0.3, -0.25) is 5.43 Å². The number of nitrogens with one attached hydrogen (secondary N) is 1. The highest BCUT2D eigenvalue weighted by Crippen LogP contribution is 2.34. The first-order chi connectivity index (χ1) is 16.7. The maximum absolute atomic E-state index is 15.2. The molecule has 0 bridgehead atoms. The maximum Gasteiger partial charge on any atom is 0.416 e. The molecule has 0 aromatic heterocycles. The van der Waals surface area contributed by atoms with E-state index in [9.17, 15) is 13.2 Å². The number of nitrogens with zero attached hydrogens (tertiary/aromatic N) is 4. The van der Waals surface area contributed by atoms with Crippen molar-refractivity contribution in [3.63, 3.8) is 0 Å². The molecule has 0 spiro atoms. The van der Waals surface area contributed by atoms with E-state index in [0.717, 1.165) is 44.1 Å². The minimum absolute atomic E-state index is 0.0245. The molecular formula is C24H28F4N6S. The zero-order valence-electron chi connectivity index (χ0n) is 19.2. The number of piperazine rings is 1. The van der Waals surface area contributed by atoms with Crippen LogP contribution in [0.4, 0.5) is 34.6 Å². The summed E-state index contributed by atoms with van der Waals surface area (Å²) in [4.78, 5) is 6.08. The molecule has 3 N–H and O–H groups in total. The van der Waals surface area contributed by atoms with Crippen molar-refractivity contribution >= 4 is 40.6 Å². The van der Waals surface area contributed by atoms with Gasteiger partial charge in [0.05, 0.1) is 17.5 Å². The third kappa shape index (κ3) is 6.14. The Kier molecular flexibility index (Phi) is 7.63. The molecule has 35 heavy (non-hydrogen) atoms. The Morgan fingerprint density at radius 1 is 0.914 bits per heavy atom. The number of rotatable bonds is 5. The van der Waals surface area contributed by atoms with Gasteiger partial charge in [-0.15, -0.1) is 0 Å². The van der Waals surface area contributed by atoms with E-state index < -0.39 is 11.7 Å². The first kappa shape index (κ1) is 25.0. The van der Waals surface area contributed by atoms with Crippen LogP contribution in [-0.2, 0) is 6.18 Å². The normalized spacial score (nSPS) is 17.2. The summed E-state index contributed by atoms with van der Waals surface area (Å²) in [5.41, 5.74) is 9.77. The fourth-order valence-corrected chi connectivity index (χ4v) is 4.62. The number of halogens is 4. The van der Waals surface area contributed by atoms with Gasteiger partial charge >= 0.3 is 6.18 Å². The van der Waals surface area contributed by atoms with Crippen molar-refractivity contribution in [3.8, 4) is 0 Å². The van der Waals surface area contributed by atoms with Crippen LogP contribution < -0.4 is 25.9 Å². The summed E-state index contributed by atoms with van der Waals surface area (Å²) in [5.74, 6) is -0.380. The average molecular weight is 509 g/mol. The minimum atomic E-state index is -4.39. The third-order valence-electron chi connectivity index (χ3n) is 6.33. The maximum atomic E-state index is 15.2. The Balaban J connectivity index is 1.54. The standard InChI is InChI=1S/C24H28F4N6S/c25-20-13-17(16-30-31-23(29)35)21(33-7-2-1-3-8-33)15-22(20)34-11-9-32(10-12-34)19-6-4-5-18(14-19)24(26,27)28/h4-6,13-16H,1-3,7-12H2,(H3,29,31,35).